The molecular formula is C12H14BrNO6S. The number of nitrogens with zero attached hydrogens (tertiary/aromatic N) is 1. The molecule has 2 N–H and O–H groups in total. The summed E-state index contributed by atoms with van der Waals surface area (Å²) in [5.74, 6) is -1.22. The van der Waals surface area contributed by atoms with Gasteiger partial charge in [0.2, 0.25) is 10.0 Å². The minimum absolute atomic E-state index is 0.109. The quantitative estimate of drug-likeness (QED) is 0.790. The number of morpholine rings is 1. The van der Waals surface area contributed by atoms with Crippen LogP contribution in [0.5, 0.6) is 0 Å². The van der Waals surface area contributed by atoms with Gasteiger partial charge in [-0.05, 0) is 34.1 Å². The van der Waals surface area contributed by atoms with Gasteiger partial charge in [-0.2, -0.15) is 4.31 Å². The number of benzene rings is 1. The summed E-state index contributed by atoms with van der Waals surface area (Å²) in [6.45, 7) is 0.101. The highest BCUT2D eigenvalue weighted by Gasteiger charge is 2.34. The SMILES string of the molecule is O=C(O)c1cc(S(=O)(=O)N2CCOCC2CO)ccc1Br. The van der Waals surface area contributed by atoms with E-state index in [0.29, 0.717) is 4.47 Å². The van der Waals surface area contributed by atoms with E-state index < -0.39 is 22.0 Å². The number of aliphatic hydroxyl groups is 1. The largest absolute Gasteiger partial charge is 0.478 e. The average molecular weight is 380 g/mol. The smallest absolute Gasteiger partial charge is 0.336 e. The van der Waals surface area contributed by atoms with E-state index in [2.05, 4.69) is 15.9 Å². The molecule has 1 atom stereocenters. The van der Waals surface area contributed by atoms with Crippen LogP contribution in [0.4, 0.5) is 0 Å². The summed E-state index contributed by atoms with van der Waals surface area (Å²) in [5, 5.41) is 18.3. The van der Waals surface area contributed by atoms with Crippen LogP contribution in [0.3, 0.4) is 0 Å². The zero-order valence-corrected chi connectivity index (χ0v) is 13.3. The molecule has 1 saturated heterocycles. The lowest BCUT2D eigenvalue weighted by Crippen LogP contribution is -2.50. The molecule has 1 aliphatic heterocycles. The fourth-order valence-corrected chi connectivity index (χ4v) is 4.09. The Bertz CT molecular complexity index is 647. The molecule has 0 saturated carbocycles. The van der Waals surface area contributed by atoms with Crippen LogP contribution in [0.2, 0.25) is 0 Å². The number of hydrogen-bond acceptors (Lipinski definition) is 5. The number of rotatable bonds is 4. The van der Waals surface area contributed by atoms with Crippen molar-refractivity contribution in [1.82, 2.24) is 4.31 Å². The zero-order chi connectivity index (χ0) is 15.6. The van der Waals surface area contributed by atoms with Crippen LogP contribution in [0.25, 0.3) is 0 Å². The van der Waals surface area contributed by atoms with Crippen LogP contribution < -0.4 is 0 Å². The van der Waals surface area contributed by atoms with Crippen LogP contribution in [-0.4, -0.2) is 61.3 Å². The number of carboxylic acid groups (broad SMARTS) is 1. The van der Waals surface area contributed by atoms with Crippen molar-refractivity contribution < 1.29 is 28.2 Å². The van der Waals surface area contributed by atoms with E-state index in [1.54, 1.807) is 0 Å². The molecule has 2 rings (SSSR count). The Kier molecular flexibility index (Phi) is 4.99. The van der Waals surface area contributed by atoms with E-state index in [9.17, 15) is 18.3 Å². The van der Waals surface area contributed by atoms with Crippen molar-refractivity contribution in [1.29, 1.82) is 0 Å². The Morgan fingerprint density at radius 2 is 2.19 bits per heavy atom. The van der Waals surface area contributed by atoms with Crippen molar-refractivity contribution in [3.05, 3.63) is 28.2 Å². The summed E-state index contributed by atoms with van der Waals surface area (Å²) < 4.78 is 31.8. The number of hydrogen-bond donors (Lipinski definition) is 2. The molecule has 9 heteroatoms. The molecule has 1 fully saturated rings. The van der Waals surface area contributed by atoms with Crippen LogP contribution in [0.1, 0.15) is 10.4 Å². The molecule has 0 bridgehead atoms. The first-order valence-electron chi connectivity index (χ1n) is 6.11. The second kappa shape index (κ2) is 6.41. The van der Waals surface area contributed by atoms with Gasteiger partial charge in [0.05, 0.1) is 36.3 Å². The topological polar surface area (TPSA) is 104 Å². The number of aromatic carboxylic acids is 1. The average Bonchev–Trinajstić information content (AvgIpc) is 2.47. The van der Waals surface area contributed by atoms with E-state index in [4.69, 9.17) is 9.84 Å². The maximum Gasteiger partial charge on any atom is 0.336 e. The van der Waals surface area contributed by atoms with Gasteiger partial charge in [0.15, 0.2) is 0 Å². The van der Waals surface area contributed by atoms with Crippen LogP contribution in [0, 0.1) is 0 Å². The zero-order valence-electron chi connectivity index (χ0n) is 10.9. The van der Waals surface area contributed by atoms with E-state index in [1.165, 1.54) is 12.1 Å². The fourth-order valence-electron chi connectivity index (χ4n) is 2.06. The minimum atomic E-state index is -3.89. The van der Waals surface area contributed by atoms with E-state index in [-0.39, 0.29) is 36.8 Å². The first kappa shape index (κ1) is 16.4. The second-order valence-corrected chi connectivity index (χ2v) is 7.22. The normalized spacial score (nSPS) is 20.4. The van der Waals surface area contributed by atoms with Gasteiger partial charge in [-0.15, -0.1) is 0 Å². The maximum absolute atomic E-state index is 12.6. The Morgan fingerprint density at radius 1 is 1.48 bits per heavy atom. The van der Waals surface area contributed by atoms with Crippen molar-refractivity contribution in [2.24, 2.45) is 0 Å². The molecular weight excluding hydrogens is 366 g/mol. The summed E-state index contributed by atoms with van der Waals surface area (Å²) in [4.78, 5) is 11.0. The number of aliphatic hydroxyl groups excluding tert-OH is 1. The van der Waals surface area contributed by atoms with Gasteiger partial charge in [0.25, 0.3) is 0 Å². The number of ether oxygens (including phenoxy) is 1. The van der Waals surface area contributed by atoms with Crippen molar-refractivity contribution in [3.8, 4) is 0 Å². The highest BCUT2D eigenvalue weighted by atomic mass is 79.9. The number of sulfonamides is 1. The highest BCUT2D eigenvalue weighted by Crippen LogP contribution is 2.25. The number of halogens is 1. The molecule has 0 aliphatic carbocycles. The fraction of sp³-hybridized carbons (Fsp3) is 0.417. The Hall–Kier alpha value is -1.00. The summed E-state index contributed by atoms with van der Waals surface area (Å²) in [6, 6.07) is 3.15. The third kappa shape index (κ3) is 3.27. The van der Waals surface area contributed by atoms with Crippen LogP contribution >= 0.6 is 15.9 Å². The lowest BCUT2D eigenvalue weighted by molar-refractivity contribution is 0.0109. The van der Waals surface area contributed by atoms with Crippen molar-refractivity contribution >= 4 is 31.9 Å². The minimum Gasteiger partial charge on any atom is -0.478 e. The predicted molar refractivity (Wildman–Crippen MR) is 76.7 cm³/mol. The number of carbonyl (C=O) groups is 1. The van der Waals surface area contributed by atoms with Crippen molar-refractivity contribution in [3.63, 3.8) is 0 Å². The monoisotopic (exact) mass is 379 g/mol. The molecule has 1 aliphatic rings. The molecule has 7 nitrogen and oxygen atoms in total. The van der Waals surface area contributed by atoms with Crippen LogP contribution in [-0.2, 0) is 14.8 Å². The molecule has 0 radical (unpaired) electrons. The molecule has 1 aromatic carbocycles. The Morgan fingerprint density at radius 3 is 2.81 bits per heavy atom. The molecule has 1 heterocycles. The van der Waals surface area contributed by atoms with Gasteiger partial charge in [-0.25, -0.2) is 13.2 Å². The summed E-state index contributed by atoms with van der Waals surface area (Å²) in [5.41, 5.74) is -0.134. The van der Waals surface area contributed by atoms with Gasteiger partial charge in [0.1, 0.15) is 0 Å². The van der Waals surface area contributed by atoms with Gasteiger partial charge in [-0.1, -0.05) is 0 Å². The standard InChI is InChI=1S/C12H14BrNO6S/c13-11-2-1-9(5-10(11)12(16)17)21(18,19)14-3-4-20-7-8(14)6-15/h1-2,5,8,15H,3-4,6-7H2,(H,16,17). The molecule has 21 heavy (non-hydrogen) atoms. The second-order valence-electron chi connectivity index (χ2n) is 4.47. The predicted octanol–water partition coefficient (Wildman–Crippen LogP) is 0.529. The first-order valence-corrected chi connectivity index (χ1v) is 8.34. The molecule has 1 unspecified atom stereocenters. The molecule has 0 spiro atoms. The van der Waals surface area contributed by atoms with E-state index in [0.717, 1.165) is 10.4 Å². The van der Waals surface area contributed by atoms with Gasteiger partial charge >= 0.3 is 5.97 Å². The van der Waals surface area contributed by atoms with Crippen LogP contribution in [0.15, 0.2) is 27.6 Å². The molecule has 0 amide bonds. The first-order chi connectivity index (χ1) is 9.87. The maximum atomic E-state index is 12.6. The third-order valence-electron chi connectivity index (χ3n) is 3.16. The Balaban J connectivity index is 2.43. The van der Waals surface area contributed by atoms with Gasteiger partial charge in [-0.3, -0.25) is 0 Å². The van der Waals surface area contributed by atoms with E-state index in [1.807, 2.05) is 0 Å². The van der Waals surface area contributed by atoms with Gasteiger partial charge in [0, 0.05) is 11.0 Å². The molecule has 0 aromatic heterocycles. The number of carboxylic acids is 1. The molecule has 1 aromatic rings. The lowest BCUT2D eigenvalue weighted by atomic mass is 10.2. The lowest BCUT2D eigenvalue weighted by Gasteiger charge is -2.33. The summed E-state index contributed by atoms with van der Waals surface area (Å²) in [6.07, 6.45) is 0. The van der Waals surface area contributed by atoms with Crippen molar-refractivity contribution in [2.75, 3.05) is 26.4 Å². The third-order valence-corrected chi connectivity index (χ3v) is 5.80. The van der Waals surface area contributed by atoms with Crippen molar-refractivity contribution in [2.45, 2.75) is 10.9 Å². The van der Waals surface area contributed by atoms with E-state index >= 15 is 0 Å². The summed E-state index contributed by atoms with van der Waals surface area (Å²) in [7, 11) is -3.89. The van der Waals surface area contributed by atoms with Gasteiger partial charge < -0.3 is 14.9 Å². The Labute approximate surface area is 130 Å². The summed E-state index contributed by atoms with van der Waals surface area (Å²) >= 11 is 3.07. The molecule has 116 valence electrons. The highest BCUT2D eigenvalue weighted by molar-refractivity contribution is 9.10.